The maximum atomic E-state index is 11.7. The summed E-state index contributed by atoms with van der Waals surface area (Å²) >= 11 is 0. The lowest BCUT2D eigenvalue weighted by atomic mass is 10.2. The van der Waals surface area contributed by atoms with Crippen molar-refractivity contribution >= 4 is 29.5 Å². The molecule has 1 amide bonds. The number of hydrazone groups is 1. The van der Waals surface area contributed by atoms with Crippen LogP contribution in [0.3, 0.4) is 0 Å². The number of para-hydroxylation sites is 2. The minimum atomic E-state index is -1.11. The van der Waals surface area contributed by atoms with E-state index in [1.165, 1.54) is 12.1 Å². The standard InChI is InChI=1S/C15H13N3O3/c19-14(10-16-18-11-6-2-1-3-7-11)17-13-9-5-4-8-12(13)15(20)21/h1-10,18H,(H,17,19)(H,20,21)/b16-10-. The molecule has 0 fully saturated rings. The molecule has 106 valence electrons. The summed E-state index contributed by atoms with van der Waals surface area (Å²) in [7, 11) is 0. The zero-order valence-electron chi connectivity index (χ0n) is 11.0. The fourth-order valence-electron chi connectivity index (χ4n) is 1.62. The average molecular weight is 283 g/mol. The Kier molecular flexibility index (Phi) is 4.66. The Hall–Kier alpha value is -3.15. The van der Waals surface area contributed by atoms with Gasteiger partial charge in [-0.15, -0.1) is 0 Å². The first kappa shape index (κ1) is 14.3. The van der Waals surface area contributed by atoms with E-state index in [4.69, 9.17) is 5.11 Å². The van der Waals surface area contributed by atoms with Gasteiger partial charge in [0.1, 0.15) is 6.21 Å². The zero-order chi connectivity index (χ0) is 15.1. The van der Waals surface area contributed by atoms with Crippen LogP contribution in [0.4, 0.5) is 11.4 Å². The van der Waals surface area contributed by atoms with Gasteiger partial charge < -0.3 is 10.4 Å². The molecule has 0 bridgehead atoms. The van der Waals surface area contributed by atoms with Crippen molar-refractivity contribution in [3.05, 3.63) is 60.2 Å². The van der Waals surface area contributed by atoms with E-state index in [9.17, 15) is 9.59 Å². The van der Waals surface area contributed by atoms with Gasteiger partial charge in [-0.25, -0.2) is 4.79 Å². The molecule has 0 unspecified atom stereocenters. The van der Waals surface area contributed by atoms with Crippen LogP contribution in [0.1, 0.15) is 10.4 Å². The Morgan fingerprint density at radius 3 is 2.38 bits per heavy atom. The summed E-state index contributed by atoms with van der Waals surface area (Å²) in [5, 5.41) is 15.3. The molecule has 0 spiro atoms. The van der Waals surface area contributed by atoms with Gasteiger partial charge in [0, 0.05) is 0 Å². The van der Waals surface area contributed by atoms with Crippen molar-refractivity contribution in [1.29, 1.82) is 0 Å². The molecule has 0 aliphatic carbocycles. The van der Waals surface area contributed by atoms with Crippen molar-refractivity contribution in [2.75, 3.05) is 10.7 Å². The van der Waals surface area contributed by atoms with Crippen LogP contribution < -0.4 is 10.7 Å². The summed E-state index contributed by atoms with van der Waals surface area (Å²) in [4.78, 5) is 22.7. The molecule has 21 heavy (non-hydrogen) atoms. The summed E-state index contributed by atoms with van der Waals surface area (Å²) in [5.74, 6) is -1.63. The highest BCUT2D eigenvalue weighted by Crippen LogP contribution is 2.14. The molecule has 0 saturated carbocycles. The Morgan fingerprint density at radius 1 is 1.00 bits per heavy atom. The van der Waals surface area contributed by atoms with Gasteiger partial charge in [0.25, 0.3) is 5.91 Å². The number of hydrogen-bond donors (Lipinski definition) is 3. The molecule has 0 atom stereocenters. The van der Waals surface area contributed by atoms with Gasteiger partial charge in [-0.1, -0.05) is 30.3 Å². The van der Waals surface area contributed by atoms with E-state index in [0.717, 1.165) is 11.9 Å². The third-order valence-corrected chi connectivity index (χ3v) is 2.56. The molecule has 2 rings (SSSR count). The number of aromatic carboxylic acids is 1. The van der Waals surface area contributed by atoms with E-state index >= 15 is 0 Å². The molecule has 0 aliphatic heterocycles. The first-order valence-electron chi connectivity index (χ1n) is 6.14. The molecular weight excluding hydrogens is 270 g/mol. The number of rotatable bonds is 5. The molecule has 2 aromatic carbocycles. The summed E-state index contributed by atoms with van der Waals surface area (Å²) in [6, 6.07) is 15.3. The van der Waals surface area contributed by atoms with Crippen LogP contribution in [0.5, 0.6) is 0 Å². The second-order valence-corrected chi connectivity index (χ2v) is 4.08. The van der Waals surface area contributed by atoms with Crippen molar-refractivity contribution in [2.45, 2.75) is 0 Å². The van der Waals surface area contributed by atoms with Crippen LogP contribution in [0.15, 0.2) is 59.7 Å². The molecular formula is C15H13N3O3. The molecule has 0 radical (unpaired) electrons. The van der Waals surface area contributed by atoms with Gasteiger partial charge >= 0.3 is 5.97 Å². The van der Waals surface area contributed by atoms with Crippen molar-refractivity contribution < 1.29 is 14.7 Å². The summed E-state index contributed by atoms with van der Waals surface area (Å²) in [5.41, 5.74) is 3.68. The first-order valence-corrected chi connectivity index (χ1v) is 6.14. The molecule has 0 saturated heterocycles. The van der Waals surface area contributed by atoms with Gasteiger partial charge in [0.2, 0.25) is 0 Å². The van der Waals surface area contributed by atoms with E-state index < -0.39 is 11.9 Å². The molecule has 2 aromatic rings. The number of carboxylic acids is 1. The maximum Gasteiger partial charge on any atom is 0.337 e. The molecule has 6 nitrogen and oxygen atoms in total. The van der Waals surface area contributed by atoms with E-state index in [1.54, 1.807) is 24.3 Å². The van der Waals surface area contributed by atoms with Gasteiger partial charge in [0.15, 0.2) is 0 Å². The predicted octanol–water partition coefficient (Wildman–Crippen LogP) is 2.42. The van der Waals surface area contributed by atoms with Crippen LogP contribution >= 0.6 is 0 Å². The number of carboxylic acid groups (broad SMARTS) is 1. The Balaban J connectivity index is 1.98. The van der Waals surface area contributed by atoms with Gasteiger partial charge in [-0.05, 0) is 24.3 Å². The highest BCUT2D eigenvalue weighted by molar-refractivity contribution is 6.32. The lowest BCUT2D eigenvalue weighted by molar-refractivity contribution is -0.109. The Labute approximate surface area is 121 Å². The van der Waals surface area contributed by atoms with Crippen molar-refractivity contribution in [3.63, 3.8) is 0 Å². The molecule has 0 aromatic heterocycles. The lowest BCUT2D eigenvalue weighted by Crippen LogP contribution is -2.16. The smallest absolute Gasteiger partial charge is 0.337 e. The van der Waals surface area contributed by atoms with Gasteiger partial charge in [-0.2, -0.15) is 5.10 Å². The molecule has 6 heteroatoms. The van der Waals surface area contributed by atoms with E-state index in [0.29, 0.717) is 0 Å². The van der Waals surface area contributed by atoms with Crippen LogP contribution in [0.2, 0.25) is 0 Å². The van der Waals surface area contributed by atoms with Crippen LogP contribution in [-0.4, -0.2) is 23.2 Å². The molecule has 3 N–H and O–H groups in total. The summed E-state index contributed by atoms with van der Waals surface area (Å²) in [6.45, 7) is 0. The van der Waals surface area contributed by atoms with Crippen molar-refractivity contribution in [1.82, 2.24) is 0 Å². The minimum absolute atomic E-state index is 0.0234. The number of nitrogens with one attached hydrogen (secondary N) is 2. The third kappa shape index (κ3) is 4.17. The van der Waals surface area contributed by atoms with Crippen LogP contribution in [0, 0.1) is 0 Å². The van der Waals surface area contributed by atoms with E-state index in [-0.39, 0.29) is 11.3 Å². The first-order chi connectivity index (χ1) is 10.2. The SMILES string of the molecule is O=C(/C=N\Nc1ccccc1)Nc1ccccc1C(=O)O. The number of benzene rings is 2. The monoisotopic (exact) mass is 283 g/mol. The molecule has 0 heterocycles. The van der Waals surface area contributed by atoms with E-state index in [1.807, 2.05) is 18.2 Å². The largest absolute Gasteiger partial charge is 0.478 e. The second-order valence-electron chi connectivity index (χ2n) is 4.08. The van der Waals surface area contributed by atoms with E-state index in [2.05, 4.69) is 15.8 Å². The van der Waals surface area contributed by atoms with Gasteiger partial charge in [-0.3, -0.25) is 10.2 Å². The molecule has 0 aliphatic rings. The van der Waals surface area contributed by atoms with Crippen LogP contribution in [0.25, 0.3) is 0 Å². The maximum absolute atomic E-state index is 11.7. The van der Waals surface area contributed by atoms with Crippen molar-refractivity contribution in [2.24, 2.45) is 5.10 Å². The number of amides is 1. The lowest BCUT2D eigenvalue weighted by Gasteiger charge is -2.05. The highest BCUT2D eigenvalue weighted by Gasteiger charge is 2.10. The zero-order valence-corrected chi connectivity index (χ0v) is 11.0. The average Bonchev–Trinajstić information content (AvgIpc) is 2.48. The predicted molar refractivity (Wildman–Crippen MR) is 80.6 cm³/mol. The normalized spacial score (nSPS) is 10.3. The summed E-state index contributed by atoms with van der Waals surface area (Å²) < 4.78 is 0. The number of carbonyl (C=O) groups is 2. The second kappa shape index (κ2) is 6.85. The fourth-order valence-corrected chi connectivity index (χ4v) is 1.62. The van der Waals surface area contributed by atoms with Crippen molar-refractivity contribution in [3.8, 4) is 0 Å². The van der Waals surface area contributed by atoms with Crippen LogP contribution in [-0.2, 0) is 4.79 Å². The van der Waals surface area contributed by atoms with Gasteiger partial charge in [0.05, 0.1) is 16.9 Å². The third-order valence-electron chi connectivity index (χ3n) is 2.56. The Morgan fingerprint density at radius 2 is 1.67 bits per heavy atom. The number of nitrogens with zero attached hydrogens (tertiary/aromatic N) is 1. The highest BCUT2D eigenvalue weighted by atomic mass is 16.4. The number of anilines is 2. The summed E-state index contributed by atoms with van der Waals surface area (Å²) in [6.07, 6.45) is 1.05. The number of carbonyl (C=O) groups excluding carboxylic acids is 1. The topological polar surface area (TPSA) is 90.8 Å². The quantitative estimate of drug-likeness (QED) is 0.580. The number of hydrogen-bond acceptors (Lipinski definition) is 4. The minimum Gasteiger partial charge on any atom is -0.478 e. The fraction of sp³-hybridized carbons (Fsp3) is 0. The Bertz CT molecular complexity index is 669.